The molecule has 3 heteroatoms. The number of fused-ring (bicyclic) bond motifs is 1. The lowest BCUT2D eigenvalue weighted by Crippen LogP contribution is -1.83. The quantitative estimate of drug-likeness (QED) is 0.604. The maximum atomic E-state index is 9.26. The van der Waals surface area contributed by atoms with Gasteiger partial charge >= 0.3 is 0 Å². The summed E-state index contributed by atoms with van der Waals surface area (Å²) in [6.07, 6.45) is 0. The molecular formula is C17H10BrNS. The van der Waals surface area contributed by atoms with Crippen LogP contribution in [0, 0.1) is 11.3 Å². The summed E-state index contributed by atoms with van der Waals surface area (Å²) in [6, 6.07) is 22.7. The fourth-order valence-corrected chi connectivity index (χ4v) is 3.62. The van der Waals surface area contributed by atoms with E-state index in [0.29, 0.717) is 5.56 Å². The normalized spacial score (nSPS) is 10.4. The molecule has 1 nitrogen and oxygen atoms in total. The lowest BCUT2D eigenvalue weighted by Gasteiger charge is -2.06. The molecule has 0 radical (unpaired) electrons. The van der Waals surface area contributed by atoms with Gasteiger partial charge in [-0.25, -0.2) is 0 Å². The highest BCUT2D eigenvalue weighted by Gasteiger charge is 2.07. The average Bonchev–Trinajstić information content (AvgIpc) is 2.47. The molecule has 0 aliphatic carbocycles. The number of benzene rings is 3. The van der Waals surface area contributed by atoms with E-state index in [1.54, 1.807) is 11.8 Å². The van der Waals surface area contributed by atoms with Crippen molar-refractivity contribution >= 4 is 38.5 Å². The third-order valence-electron chi connectivity index (χ3n) is 3.04. The number of hydrogen-bond acceptors (Lipinski definition) is 2. The van der Waals surface area contributed by atoms with E-state index in [2.05, 4.69) is 52.3 Å². The summed E-state index contributed by atoms with van der Waals surface area (Å²) in [5.41, 5.74) is 0.686. The number of halogens is 1. The molecule has 0 bridgehead atoms. The lowest BCUT2D eigenvalue weighted by molar-refractivity contribution is 1.33. The Kier molecular flexibility index (Phi) is 3.77. The third-order valence-corrected chi connectivity index (χ3v) is 4.75. The maximum Gasteiger partial charge on any atom is 0.102 e. The van der Waals surface area contributed by atoms with Crippen LogP contribution in [0.2, 0.25) is 0 Å². The highest BCUT2D eigenvalue weighted by molar-refractivity contribution is 9.10. The second kappa shape index (κ2) is 5.70. The fraction of sp³-hybridized carbons (Fsp3) is 0. The molecule has 3 aromatic carbocycles. The van der Waals surface area contributed by atoms with Crippen LogP contribution < -0.4 is 0 Å². The van der Waals surface area contributed by atoms with Crippen molar-refractivity contribution in [2.45, 2.75) is 9.79 Å². The van der Waals surface area contributed by atoms with Crippen LogP contribution >= 0.6 is 27.7 Å². The summed E-state index contributed by atoms with van der Waals surface area (Å²) in [5.74, 6) is 0. The van der Waals surface area contributed by atoms with Gasteiger partial charge in [-0.05, 0) is 51.0 Å². The Balaban J connectivity index is 2.02. The molecule has 20 heavy (non-hydrogen) atoms. The van der Waals surface area contributed by atoms with Crippen LogP contribution in [0.25, 0.3) is 10.8 Å². The molecule has 3 rings (SSSR count). The molecule has 0 saturated carbocycles. The molecule has 0 aliphatic heterocycles. The van der Waals surface area contributed by atoms with Crippen LogP contribution in [0.1, 0.15) is 5.56 Å². The number of hydrogen-bond donors (Lipinski definition) is 0. The third kappa shape index (κ3) is 2.58. The van der Waals surface area contributed by atoms with Crippen molar-refractivity contribution in [1.29, 1.82) is 5.26 Å². The zero-order valence-corrected chi connectivity index (χ0v) is 12.9. The van der Waals surface area contributed by atoms with Crippen LogP contribution in [-0.4, -0.2) is 0 Å². The zero-order chi connectivity index (χ0) is 13.9. The molecule has 3 aromatic rings. The molecule has 0 aromatic heterocycles. The molecule has 0 spiro atoms. The highest BCUT2D eigenvalue weighted by Crippen LogP contribution is 2.34. The van der Waals surface area contributed by atoms with Crippen molar-refractivity contribution in [3.63, 3.8) is 0 Å². The van der Waals surface area contributed by atoms with Crippen LogP contribution in [0.3, 0.4) is 0 Å². The summed E-state index contributed by atoms with van der Waals surface area (Å²) < 4.78 is 0.839. The van der Waals surface area contributed by atoms with Crippen LogP contribution in [-0.2, 0) is 0 Å². The van der Waals surface area contributed by atoms with Crippen molar-refractivity contribution in [3.05, 3.63) is 70.7 Å². The second-order valence-electron chi connectivity index (χ2n) is 4.34. The largest absolute Gasteiger partial charge is 0.192 e. The highest BCUT2D eigenvalue weighted by atomic mass is 79.9. The van der Waals surface area contributed by atoms with Crippen molar-refractivity contribution in [1.82, 2.24) is 0 Å². The molecule has 0 aliphatic rings. The van der Waals surface area contributed by atoms with E-state index in [0.717, 1.165) is 14.3 Å². The van der Waals surface area contributed by atoms with Crippen molar-refractivity contribution in [3.8, 4) is 6.07 Å². The Morgan fingerprint density at radius 2 is 1.70 bits per heavy atom. The van der Waals surface area contributed by atoms with E-state index >= 15 is 0 Å². The van der Waals surface area contributed by atoms with E-state index in [4.69, 9.17) is 0 Å². The Labute approximate surface area is 130 Å². The van der Waals surface area contributed by atoms with E-state index in [1.165, 1.54) is 10.8 Å². The van der Waals surface area contributed by atoms with Crippen LogP contribution in [0.4, 0.5) is 0 Å². The number of rotatable bonds is 2. The maximum absolute atomic E-state index is 9.26. The first-order chi connectivity index (χ1) is 9.78. The Hall–Kier alpha value is -1.76. The first-order valence-electron chi connectivity index (χ1n) is 6.13. The minimum atomic E-state index is 0.686. The smallest absolute Gasteiger partial charge is 0.102 e. The first kappa shape index (κ1) is 13.2. The van der Waals surface area contributed by atoms with Gasteiger partial charge < -0.3 is 0 Å². The Bertz CT molecular complexity index is 821. The van der Waals surface area contributed by atoms with Crippen LogP contribution in [0.5, 0.6) is 0 Å². The summed E-state index contributed by atoms with van der Waals surface area (Å²) in [5, 5.41) is 11.7. The van der Waals surface area contributed by atoms with E-state index in [1.807, 2.05) is 30.3 Å². The molecule has 0 N–H and O–H groups in total. The van der Waals surface area contributed by atoms with E-state index in [9.17, 15) is 5.26 Å². The minimum absolute atomic E-state index is 0.686. The van der Waals surface area contributed by atoms with Gasteiger partial charge in [-0.1, -0.05) is 48.2 Å². The monoisotopic (exact) mass is 339 g/mol. The standard InChI is InChI=1S/C17H10BrNS/c18-16-6-3-7-17(15(16)11-19)20-14-9-8-12-4-1-2-5-13(12)10-14/h1-10H. The summed E-state index contributed by atoms with van der Waals surface area (Å²) in [4.78, 5) is 2.11. The zero-order valence-electron chi connectivity index (χ0n) is 10.5. The van der Waals surface area contributed by atoms with Gasteiger partial charge in [0.2, 0.25) is 0 Å². The molecular weight excluding hydrogens is 330 g/mol. The summed E-state index contributed by atoms with van der Waals surface area (Å²) in [7, 11) is 0. The SMILES string of the molecule is N#Cc1c(Br)cccc1Sc1ccc2ccccc2c1. The molecule has 0 saturated heterocycles. The van der Waals surface area contributed by atoms with Gasteiger partial charge in [-0.15, -0.1) is 0 Å². The average molecular weight is 340 g/mol. The fourth-order valence-electron chi connectivity index (χ4n) is 2.06. The molecule has 96 valence electrons. The molecule has 0 atom stereocenters. The lowest BCUT2D eigenvalue weighted by atomic mass is 10.1. The minimum Gasteiger partial charge on any atom is -0.192 e. The Morgan fingerprint density at radius 3 is 2.50 bits per heavy atom. The number of nitriles is 1. The van der Waals surface area contributed by atoms with Gasteiger partial charge in [0.1, 0.15) is 6.07 Å². The molecule has 0 amide bonds. The molecule has 0 heterocycles. The van der Waals surface area contributed by atoms with Gasteiger partial charge in [0, 0.05) is 14.3 Å². The predicted octanol–water partition coefficient (Wildman–Crippen LogP) is 5.63. The molecule has 0 fully saturated rings. The number of nitrogens with zero attached hydrogens (tertiary/aromatic N) is 1. The van der Waals surface area contributed by atoms with E-state index < -0.39 is 0 Å². The van der Waals surface area contributed by atoms with Gasteiger partial charge in [0.25, 0.3) is 0 Å². The van der Waals surface area contributed by atoms with Crippen molar-refractivity contribution in [2.24, 2.45) is 0 Å². The van der Waals surface area contributed by atoms with E-state index in [-0.39, 0.29) is 0 Å². The van der Waals surface area contributed by atoms with Crippen LogP contribution in [0.15, 0.2) is 74.9 Å². The van der Waals surface area contributed by atoms with Gasteiger partial charge in [-0.2, -0.15) is 5.26 Å². The van der Waals surface area contributed by atoms with Gasteiger partial charge in [0.05, 0.1) is 5.56 Å². The topological polar surface area (TPSA) is 23.8 Å². The first-order valence-corrected chi connectivity index (χ1v) is 7.74. The van der Waals surface area contributed by atoms with Crippen molar-refractivity contribution in [2.75, 3.05) is 0 Å². The van der Waals surface area contributed by atoms with Crippen molar-refractivity contribution < 1.29 is 0 Å². The summed E-state index contributed by atoms with van der Waals surface area (Å²) in [6.45, 7) is 0. The second-order valence-corrected chi connectivity index (χ2v) is 6.31. The summed E-state index contributed by atoms with van der Waals surface area (Å²) >= 11 is 5.04. The van der Waals surface area contributed by atoms with Gasteiger partial charge in [-0.3, -0.25) is 0 Å². The Morgan fingerprint density at radius 1 is 0.900 bits per heavy atom. The molecule has 0 unspecified atom stereocenters. The predicted molar refractivity (Wildman–Crippen MR) is 86.9 cm³/mol. The van der Waals surface area contributed by atoms with Gasteiger partial charge in [0.15, 0.2) is 0 Å².